The lowest BCUT2D eigenvalue weighted by Crippen LogP contribution is -2.48. The summed E-state index contributed by atoms with van der Waals surface area (Å²) in [6.07, 6.45) is 5.06. The van der Waals surface area contributed by atoms with Gasteiger partial charge in [-0.25, -0.2) is 23.2 Å². The van der Waals surface area contributed by atoms with Crippen molar-refractivity contribution in [1.82, 2.24) is 19.6 Å². The van der Waals surface area contributed by atoms with Gasteiger partial charge in [0.15, 0.2) is 9.34 Å². The number of hydrogen-bond donors (Lipinski definition) is 3. The minimum absolute atomic E-state index is 0.0247. The molecule has 2 aromatic heterocycles. The molecule has 0 bridgehead atoms. The third-order valence-corrected chi connectivity index (χ3v) is 9.99. The van der Waals surface area contributed by atoms with E-state index in [2.05, 4.69) is 14.7 Å². The number of carboxylic acid groups (broad SMARTS) is 1. The molecule has 0 spiro atoms. The Labute approximate surface area is 229 Å². The highest BCUT2D eigenvalue weighted by atomic mass is 32.2. The number of amides is 1. The fourth-order valence-electron chi connectivity index (χ4n) is 5.05. The number of aliphatic carboxylic acids is 1. The Bertz CT molecular complexity index is 1500. The Kier molecular flexibility index (Phi) is 7.60. The van der Waals surface area contributed by atoms with Crippen molar-refractivity contribution in [3.8, 4) is 5.75 Å². The molecule has 1 amide bonds. The molecule has 2 saturated heterocycles. The first-order chi connectivity index (χ1) is 18.7. The standard InChI is InChI=1S/C25H30N6O6S2/c1-2-37-20-13-17-15(5-7-27-22(17)26)11-16(20)12-19(24(33)34)31-10-6-18(23(31)32)29-39(35,36)21-14-28-25(38-21)30-8-3-4-9-30/h5,7,11,13-14,18-19,29H,2-4,6,8-10,12H2,1H3,(H2,26,27)(H,33,34). The molecule has 0 saturated carbocycles. The predicted octanol–water partition coefficient (Wildman–Crippen LogP) is 1.85. The number of hydrogen-bond acceptors (Lipinski definition) is 10. The summed E-state index contributed by atoms with van der Waals surface area (Å²) in [7, 11) is -4.01. The molecule has 2 aliphatic rings. The summed E-state index contributed by atoms with van der Waals surface area (Å²) in [5.41, 5.74) is 6.60. The number of nitrogens with two attached hydrogens (primary N) is 1. The van der Waals surface area contributed by atoms with Gasteiger partial charge in [-0.3, -0.25) is 4.79 Å². The summed E-state index contributed by atoms with van der Waals surface area (Å²) in [5.74, 6) is -0.990. The van der Waals surface area contributed by atoms with Gasteiger partial charge in [0.05, 0.1) is 12.8 Å². The molecule has 4 N–H and O–H groups in total. The Morgan fingerprint density at radius 1 is 1.28 bits per heavy atom. The van der Waals surface area contributed by atoms with Gasteiger partial charge in [0.1, 0.15) is 23.7 Å². The van der Waals surface area contributed by atoms with Crippen molar-refractivity contribution in [2.45, 2.75) is 48.9 Å². The van der Waals surface area contributed by atoms with Crippen LogP contribution in [-0.2, 0) is 26.0 Å². The van der Waals surface area contributed by atoms with Gasteiger partial charge in [-0.1, -0.05) is 11.3 Å². The smallest absolute Gasteiger partial charge is 0.326 e. The van der Waals surface area contributed by atoms with Crippen molar-refractivity contribution in [2.24, 2.45) is 0 Å². The van der Waals surface area contributed by atoms with E-state index in [1.807, 2.05) is 11.8 Å². The van der Waals surface area contributed by atoms with Crippen LogP contribution < -0.4 is 20.1 Å². The number of rotatable bonds is 10. The van der Waals surface area contributed by atoms with E-state index in [1.165, 1.54) is 11.1 Å². The van der Waals surface area contributed by atoms with Crippen molar-refractivity contribution in [1.29, 1.82) is 0 Å². The number of anilines is 2. The van der Waals surface area contributed by atoms with E-state index in [0.29, 0.717) is 34.3 Å². The number of benzene rings is 1. The maximum atomic E-state index is 13.3. The monoisotopic (exact) mass is 574 g/mol. The maximum Gasteiger partial charge on any atom is 0.326 e. The molecule has 0 radical (unpaired) electrons. The molecule has 3 aromatic rings. The first-order valence-electron chi connectivity index (χ1n) is 12.7. The normalized spacial score (nSPS) is 18.7. The van der Waals surface area contributed by atoms with Crippen LogP contribution in [0.3, 0.4) is 0 Å². The number of nitrogens with zero attached hydrogens (tertiary/aromatic N) is 4. The summed E-state index contributed by atoms with van der Waals surface area (Å²) in [4.78, 5) is 37.2. The Morgan fingerprint density at radius 3 is 2.77 bits per heavy atom. The number of fused-ring (bicyclic) bond motifs is 1. The second-order valence-corrected chi connectivity index (χ2v) is 12.5. The molecule has 2 fully saturated rings. The van der Waals surface area contributed by atoms with Crippen LogP contribution in [0.4, 0.5) is 10.9 Å². The number of sulfonamides is 1. The first kappa shape index (κ1) is 27.1. The first-order valence-corrected chi connectivity index (χ1v) is 15.0. The number of ether oxygens (including phenoxy) is 1. The fraction of sp³-hybridized carbons (Fsp3) is 0.440. The lowest BCUT2D eigenvalue weighted by atomic mass is 10.00. The Hall–Kier alpha value is -3.49. The molecule has 2 aliphatic heterocycles. The van der Waals surface area contributed by atoms with E-state index in [0.717, 1.165) is 42.7 Å². The Balaban J connectivity index is 1.34. The third-order valence-electron chi connectivity index (χ3n) is 7.00. The van der Waals surface area contributed by atoms with E-state index in [9.17, 15) is 23.1 Å². The molecule has 0 aliphatic carbocycles. The van der Waals surface area contributed by atoms with E-state index in [-0.39, 0.29) is 23.6 Å². The number of carboxylic acids is 1. The van der Waals surface area contributed by atoms with Crippen molar-refractivity contribution in [3.63, 3.8) is 0 Å². The zero-order valence-electron chi connectivity index (χ0n) is 21.4. The van der Waals surface area contributed by atoms with Crippen molar-refractivity contribution >= 4 is 55.0 Å². The highest BCUT2D eigenvalue weighted by Crippen LogP contribution is 2.32. The Morgan fingerprint density at radius 2 is 2.05 bits per heavy atom. The quantitative estimate of drug-likeness (QED) is 0.325. The molecule has 39 heavy (non-hydrogen) atoms. The number of thiazole rings is 1. The minimum Gasteiger partial charge on any atom is -0.494 e. The molecule has 1 aromatic carbocycles. The molecule has 208 valence electrons. The van der Waals surface area contributed by atoms with Crippen LogP contribution in [0.15, 0.2) is 34.8 Å². The van der Waals surface area contributed by atoms with Crippen LogP contribution >= 0.6 is 11.3 Å². The molecule has 2 atom stereocenters. The summed E-state index contributed by atoms with van der Waals surface area (Å²) in [6.45, 7) is 3.92. The molecular weight excluding hydrogens is 544 g/mol. The zero-order chi connectivity index (χ0) is 27.7. The van der Waals surface area contributed by atoms with Crippen molar-refractivity contribution < 1.29 is 27.9 Å². The molecule has 5 rings (SSSR count). The third kappa shape index (κ3) is 5.49. The van der Waals surface area contributed by atoms with E-state index in [4.69, 9.17) is 10.5 Å². The van der Waals surface area contributed by atoms with Crippen LogP contribution in [0.2, 0.25) is 0 Å². The number of aromatic nitrogens is 2. The molecule has 14 heteroatoms. The van der Waals surface area contributed by atoms with Gasteiger partial charge in [0, 0.05) is 37.6 Å². The van der Waals surface area contributed by atoms with Crippen molar-refractivity contribution in [3.05, 3.63) is 36.2 Å². The number of pyridine rings is 1. The number of likely N-dealkylation sites (tertiary alicyclic amines) is 1. The fourth-order valence-corrected chi connectivity index (χ4v) is 7.47. The van der Waals surface area contributed by atoms with E-state index in [1.54, 1.807) is 24.4 Å². The highest BCUT2D eigenvalue weighted by Gasteiger charge is 2.41. The van der Waals surface area contributed by atoms with Crippen LogP contribution in [0.1, 0.15) is 31.7 Å². The summed E-state index contributed by atoms with van der Waals surface area (Å²) in [6, 6.07) is 3.00. The van der Waals surface area contributed by atoms with Gasteiger partial charge in [0.2, 0.25) is 5.91 Å². The van der Waals surface area contributed by atoms with Gasteiger partial charge in [-0.05, 0) is 55.3 Å². The van der Waals surface area contributed by atoms with Gasteiger partial charge < -0.3 is 25.4 Å². The second kappa shape index (κ2) is 10.9. The van der Waals surface area contributed by atoms with E-state index < -0.39 is 34.0 Å². The average molecular weight is 575 g/mol. The molecule has 4 heterocycles. The summed E-state index contributed by atoms with van der Waals surface area (Å²) < 4.78 is 34.4. The number of carbonyl (C=O) groups excluding carboxylic acids is 1. The van der Waals surface area contributed by atoms with Crippen LogP contribution in [0, 0.1) is 0 Å². The second-order valence-electron chi connectivity index (χ2n) is 9.52. The predicted molar refractivity (Wildman–Crippen MR) is 146 cm³/mol. The van der Waals surface area contributed by atoms with Crippen molar-refractivity contribution in [2.75, 3.05) is 36.9 Å². The molecular formula is C25H30N6O6S2. The lowest BCUT2D eigenvalue weighted by Gasteiger charge is -2.26. The van der Waals surface area contributed by atoms with Gasteiger partial charge in [-0.2, -0.15) is 4.72 Å². The van der Waals surface area contributed by atoms with Crippen LogP contribution in [0.5, 0.6) is 5.75 Å². The lowest BCUT2D eigenvalue weighted by molar-refractivity contribution is -0.148. The zero-order valence-corrected chi connectivity index (χ0v) is 23.0. The van der Waals surface area contributed by atoms with E-state index >= 15 is 0 Å². The van der Waals surface area contributed by atoms with Gasteiger partial charge in [0.25, 0.3) is 10.0 Å². The maximum absolute atomic E-state index is 13.3. The van der Waals surface area contributed by atoms with Gasteiger partial charge >= 0.3 is 5.97 Å². The largest absolute Gasteiger partial charge is 0.494 e. The number of nitrogen functional groups attached to an aromatic ring is 1. The molecule has 12 nitrogen and oxygen atoms in total. The van der Waals surface area contributed by atoms with Crippen LogP contribution in [0.25, 0.3) is 10.8 Å². The SMILES string of the molecule is CCOc1cc2c(N)nccc2cc1CC(C(=O)O)N1CCC(NS(=O)(=O)c2cnc(N3CCCC3)s2)C1=O. The highest BCUT2D eigenvalue weighted by molar-refractivity contribution is 7.91. The topological polar surface area (TPSA) is 168 Å². The summed E-state index contributed by atoms with van der Waals surface area (Å²) in [5, 5.41) is 12.2. The number of carbonyl (C=O) groups is 2. The number of nitrogens with one attached hydrogen (secondary N) is 1. The van der Waals surface area contributed by atoms with Crippen LogP contribution in [-0.4, -0.2) is 78.6 Å². The average Bonchev–Trinajstić information content (AvgIpc) is 3.66. The summed E-state index contributed by atoms with van der Waals surface area (Å²) >= 11 is 1.06. The molecule has 2 unspecified atom stereocenters. The minimum atomic E-state index is -4.01. The van der Waals surface area contributed by atoms with Gasteiger partial charge in [-0.15, -0.1) is 0 Å².